The highest BCUT2D eigenvalue weighted by Crippen LogP contribution is 2.29. The highest BCUT2D eigenvalue weighted by atomic mass is 16.1. The third-order valence-corrected chi connectivity index (χ3v) is 6.04. The van der Waals surface area contributed by atoms with Gasteiger partial charge in [0.25, 0.3) is 0 Å². The summed E-state index contributed by atoms with van der Waals surface area (Å²) in [6, 6.07) is 7.67. The van der Waals surface area contributed by atoms with Gasteiger partial charge < -0.3 is 10.7 Å². The molecule has 0 radical (unpaired) electrons. The smallest absolute Gasteiger partial charge is 0.217 e. The Morgan fingerprint density at radius 3 is 2.35 bits per heavy atom. The lowest BCUT2D eigenvalue weighted by Crippen LogP contribution is -2.44. The zero-order valence-electron chi connectivity index (χ0n) is 19.7. The Balaban J connectivity index is 2.31. The zero-order valence-corrected chi connectivity index (χ0v) is 19.7. The number of fused-ring (bicyclic) bond motifs is 1. The number of Topliss-reactive ketones (excluding diaryl/α,β-unsaturated/α-hetero) is 2. The summed E-state index contributed by atoms with van der Waals surface area (Å²) in [6.45, 7) is 9.70. The maximum absolute atomic E-state index is 13.4. The molecule has 1 aromatic carbocycles. The predicted molar refractivity (Wildman–Crippen MR) is 125 cm³/mol. The first-order chi connectivity index (χ1) is 14.4. The maximum atomic E-state index is 13.4. The molecular formula is C25H37N3O3. The van der Waals surface area contributed by atoms with Gasteiger partial charge in [-0.15, -0.1) is 0 Å². The lowest BCUT2D eigenvalue weighted by molar-refractivity contribution is -0.135. The number of nitrogens with zero attached hydrogens (tertiary/aromatic N) is 1. The Morgan fingerprint density at radius 1 is 1.13 bits per heavy atom. The minimum Gasteiger partial charge on any atom is -0.370 e. The number of likely N-dealkylation sites (N-methyl/N-ethyl adjacent to an activating group) is 1. The topological polar surface area (TPSA) is 96.3 Å². The Labute approximate surface area is 185 Å². The van der Waals surface area contributed by atoms with Crippen LogP contribution in [0.3, 0.4) is 0 Å². The average Bonchev–Trinajstić information content (AvgIpc) is 3.08. The van der Waals surface area contributed by atoms with Crippen LogP contribution in [0.4, 0.5) is 0 Å². The van der Waals surface area contributed by atoms with Crippen molar-refractivity contribution in [2.24, 2.45) is 17.1 Å². The lowest BCUT2D eigenvalue weighted by Gasteiger charge is -2.32. The van der Waals surface area contributed by atoms with Gasteiger partial charge in [-0.1, -0.05) is 39.0 Å². The number of nitrogens with one attached hydrogen (secondary N) is 1. The quantitative estimate of drug-likeness (QED) is 0.569. The molecule has 0 saturated carbocycles. The van der Waals surface area contributed by atoms with E-state index in [2.05, 4.69) is 4.98 Å². The van der Waals surface area contributed by atoms with Gasteiger partial charge in [-0.05, 0) is 45.4 Å². The second-order valence-electron chi connectivity index (χ2n) is 9.83. The summed E-state index contributed by atoms with van der Waals surface area (Å²) in [4.78, 5) is 43.3. The molecule has 2 aromatic rings. The van der Waals surface area contributed by atoms with Gasteiger partial charge in [-0.3, -0.25) is 19.3 Å². The molecule has 31 heavy (non-hydrogen) atoms. The van der Waals surface area contributed by atoms with Gasteiger partial charge in [0.2, 0.25) is 5.91 Å². The number of benzene rings is 1. The van der Waals surface area contributed by atoms with Crippen molar-refractivity contribution in [1.82, 2.24) is 9.88 Å². The monoisotopic (exact) mass is 427 g/mol. The van der Waals surface area contributed by atoms with E-state index >= 15 is 0 Å². The van der Waals surface area contributed by atoms with E-state index in [1.54, 1.807) is 0 Å². The Hall–Kier alpha value is -2.47. The van der Waals surface area contributed by atoms with Gasteiger partial charge in [0.1, 0.15) is 5.78 Å². The van der Waals surface area contributed by atoms with Crippen LogP contribution < -0.4 is 5.73 Å². The number of hydrogen-bond acceptors (Lipinski definition) is 4. The summed E-state index contributed by atoms with van der Waals surface area (Å²) in [6.07, 6.45) is 3.10. The number of aromatic nitrogens is 1. The van der Waals surface area contributed by atoms with Crippen LogP contribution in [0.2, 0.25) is 0 Å². The summed E-state index contributed by atoms with van der Waals surface area (Å²) in [5.74, 6) is -0.786. The van der Waals surface area contributed by atoms with Crippen LogP contribution in [0, 0.1) is 11.3 Å². The number of H-pyrrole nitrogens is 1. The molecule has 0 aliphatic rings. The third-order valence-electron chi connectivity index (χ3n) is 6.04. The fourth-order valence-electron chi connectivity index (χ4n) is 4.05. The molecule has 0 spiro atoms. The largest absolute Gasteiger partial charge is 0.370 e. The van der Waals surface area contributed by atoms with Crippen LogP contribution in [0.5, 0.6) is 0 Å². The van der Waals surface area contributed by atoms with Gasteiger partial charge >= 0.3 is 0 Å². The van der Waals surface area contributed by atoms with Crippen LogP contribution in [-0.2, 0) is 20.8 Å². The first-order valence-electron chi connectivity index (χ1n) is 11.0. The second kappa shape index (κ2) is 10.2. The van der Waals surface area contributed by atoms with Crippen molar-refractivity contribution in [1.29, 1.82) is 0 Å². The average molecular weight is 428 g/mol. The highest BCUT2D eigenvalue weighted by molar-refractivity contribution is 5.94. The summed E-state index contributed by atoms with van der Waals surface area (Å²) < 4.78 is 0. The Kier molecular flexibility index (Phi) is 8.18. The van der Waals surface area contributed by atoms with Crippen LogP contribution >= 0.6 is 0 Å². The first kappa shape index (κ1) is 24.8. The van der Waals surface area contributed by atoms with E-state index in [1.165, 1.54) is 0 Å². The molecule has 0 saturated heterocycles. The number of carbonyl (C=O) groups excluding carboxylic acids is 3. The number of rotatable bonds is 11. The van der Waals surface area contributed by atoms with Crippen molar-refractivity contribution in [2.45, 2.75) is 72.4 Å². The van der Waals surface area contributed by atoms with Crippen molar-refractivity contribution < 1.29 is 14.4 Å². The number of amides is 1. The van der Waals surface area contributed by atoms with E-state index in [9.17, 15) is 14.4 Å². The SMILES string of the molecule is CC(C)N(C)C(CCC(N)=O)C(=O)C[C@@H](Cc1c[nH]c2ccccc12)C(=O)C(C)(C)C. The molecule has 2 rings (SSSR count). The number of carbonyl (C=O) groups is 3. The van der Waals surface area contributed by atoms with E-state index in [-0.39, 0.29) is 30.4 Å². The number of aromatic amines is 1. The summed E-state index contributed by atoms with van der Waals surface area (Å²) in [5, 5.41) is 1.08. The fraction of sp³-hybridized carbons (Fsp3) is 0.560. The van der Waals surface area contributed by atoms with Gasteiger partial charge in [-0.25, -0.2) is 0 Å². The standard InChI is InChI=1S/C25H37N3O3/c1-16(2)28(6)21(11-12-23(26)30)22(29)14-17(24(31)25(3,4)5)13-18-15-27-20-10-8-7-9-19(18)20/h7-10,15-17,21,27H,11-14H2,1-6H3,(H2,26,30)/t17-,21?/m1/s1. The molecule has 1 heterocycles. The molecule has 0 aliphatic heterocycles. The number of para-hydroxylation sites is 1. The molecule has 3 N–H and O–H groups in total. The Bertz CT molecular complexity index is 923. The summed E-state index contributed by atoms with van der Waals surface area (Å²) in [5.41, 5.74) is 6.85. The molecule has 0 aliphatic carbocycles. The molecule has 1 aromatic heterocycles. The molecule has 170 valence electrons. The van der Waals surface area contributed by atoms with Gasteiger partial charge in [0.05, 0.1) is 6.04 Å². The van der Waals surface area contributed by atoms with Crippen LogP contribution in [0.15, 0.2) is 30.5 Å². The number of nitrogens with two attached hydrogens (primary N) is 1. The minimum atomic E-state index is -0.552. The predicted octanol–water partition coefficient (Wildman–Crippen LogP) is 3.88. The van der Waals surface area contributed by atoms with E-state index < -0.39 is 23.3 Å². The van der Waals surface area contributed by atoms with E-state index in [0.29, 0.717) is 12.8 Å². The molecular weight excluding hydrogens is 390 g/mol. The molecule has 6 nitrogen and oxygen atoms in total. The van der Waals surface area contributed by atoms with Crippen molar-refractivity contribution in [3.8, 4) is 0 Å². The summed E-state index contributed by atoms with van der Waals surface area (Å²) in [7, 11) is 1.88. The normalized spacial score (nSPS) is 14.2. The van der Waals surface area contributed by atoms with Gasteiger partial charge in [0, 0.05) is 47.3 Å². The van der Waals surface area contributed by atoms with Crippen LogP contribution in [0.25, 0.3) is 10.9 Å². The number of hydrogen-bond donors (Lipinski definition) is 2. The molecule has 0 bridgehead atoms. The van der Waals surface area contributed by atoms with Gasteiger partial charge in [0.15, 0.2) is 5.78 Å². The molecule has 1 amide bonds. The molecule has 6 heteroatoms. The van der Waals surface area contributed by atoms with Crippen molar-refractivity contribution in [2.75, 3.05) is 7.05 Å². The van der Waals surface area contributed by atoms with Crippen molar-refractivity contribution in [3.05, 3.63) is 36.0 Å². The highest BCUT2D eigenvalue weighted by Gasteiger charge is 2.34. The molecule has 2 atom stereocenters. The van der Waals surface area contributed by atoms with E-state index in [1.807, 2.05) is 77.0 Å². The Morgan fingerprint density at radius 2 is 1.77 bits per heavy atom. The summed E-state index contributed by atoms with van der Waals surface area (Å²) >= 11 is 0. The molecule has 0 fully saturated rings. The van der Waals surface area contributed by atoms with Crippen molar-refractivity contribution in [3.63, 3.8) is 0 Å². The van der Waals surface area contributed by atoms with E-state index in [4.69, 9.17) is 5.73 Å². The van der Waals surface area contributed by atoms with E-state index in [0.717, 1.165) is 16.5 Å². The second-order valence-corrected chi connectivity index (χ2v) is 9.83. The van der Waals surface area contributed by atoms with Crippen molar-refractivity contribution >= 4 is 28.4 Å². The first-order valence-corrected chi connectivity index (χ1v) is 11.0. The van der Waals surface area contributed by atoms with Crippen LogP contribution in [-0.4, -0.2) is 46.5 Å². The van der Waals surface area contributed by atoms with Crippen LogP contribution in [0.1, 0.15) is 59.4 Å². The maximum Gasteiger partial charge on any atom is 0.217 e. The number of primary amides is 1. The zero-order chi connectivity index (χ0) is 23.3. The third kappa shape index (κ3) is 6.50. The molecule has 1 unspecified atom stereocenters. The fourth-order valence-corrected chi connectivity index (χ4v) is 4.05. The lowest BCUT2D eigenvalue weighted by atomic mass is 9.77. The number of ketones is 2. The van der Waals surface area contributed by atoms with Gasteiger partial charge in [-0.2, -0.15) is 0 Å². The minimum absolute atomic E-state index is 0.0140.